The summed E-state index contributed by atoms with van der Waals surface area (Å²) >= 11 is 0. The van der Waals surface area contributed by atoms with Crippen molar-refractivity contribution in [3.05, 3.63) is 88.2 Å². The Morgan fingerprint density at radius 3 is 2.70 bits per heavy atom. The number of nitro groups is 1. The lowest BCUT2D eigenvalue weighted by atomic mass is 10.2. The van der Waals surface area contributed by atoms with Crippen LogP contribution in [0, 0.1) is 10.1 Å². The zero-order valence-corrected chi connectivity index (χ0v) is 14.2. The number of nitrogens with one attached hydrogen (secondary N) is 2. The molecule has 0 spiro atoms. The van der Waals surface area contributed by atoms with Crippen LogP contribution in [0.5, 0.6) is 0 Å². The number of para-hydroxylation sites is 2. The lowest BCUT2D eigenvalue weighted by Gasteiger charge is -2.08. The number of nitro benzene ring substituents is 1. The molecule has 27 heavy (non-hydrogen) atoms. The number of hydrazone groups is 1. The minimum atomic E-state index is -0.404. The molecule has 2 N–H and O–H groups in total. The van der Waals surface area contributed by atoms with Crippen LogP contribution in [0.15, 0.2) is 72.0 Å². The van der Waals surface area contributed by atoms with Gasteiger partial charge >= 0.3 is 0 Å². The average molecular weight is 360 g/mol. The molecular weight excluding hydrogens is 344 g/mol. The fourth-order valence-electron chi connectivity index (χ4n) is 2.81. The number of aromatic nitrogens is 3. The maximum absolute atomic E-state index is 10.8. The molecule has 0 saturated heterocycles. The van der Waals surface area contributed by atoms with E-state index in [1.165, 1.54) is 12.1 Å². The second kappa shape index (κ2) is 7.12. The molecule has 0 aliphatic heterocycles. The molecule has 134 valence electrons. The maximum Gasteiger partial charge on any atom is 0.269 e. The molecule has 2 aromatic carbocycles. The van der Waals surface area contributed by atoms with Crippen molar-refractivity contribution in [2.75, 3.05) is 5.43 Å². The molecule has 0 saturated carbocycles. The Labute approximate surface area is 154 Å². The van der Waals surface area contributed by atoms with Crippen molar-refractivity contribution in [1.29, 1.82) is 0 Å². The molecule has 8 heteroatoms. The standard InChI is InChI=1S/C19H16N6O2/c26-25(27)16-9-7-14(8-10-16)13-24-18-6-2-1-5-17(18)22-19(24)23-21-12-15-4-3-11-20-15/h1-12,20H,13H2,(H,22,23)/b21-12+. The fourth-order valence-corrected chi connectivity index (χ4v) is 2.81. The lowest BCUT2D eigenvalue weighted by molar-refractivity contribution is -0.384. The van der Waals surface area contributed by atoms with Crippen LogP contribution in [0.3, 0.4) is 0 Å². The number of rotatable bonds is 6. The summed E-state index contributed by atoms with van der Waals surface area (Å²) in [6, 6.07) is 18.1. The van der Waals surface area contributed by atoms with Crippen molar-refractivity contribution in [3.63, 3.8) is 0 Å². The molecule has 4 rings (SSSR count). The van der Waals surface area contributed by atoms with Gasteiger partial charge in [0.1, 0.15) is 0 Å². The van der Waals surface area contributed by atoms with Gasteiger partial charge in [-0.2, -0.15) is 5.10 Å². The van der Waals surface area contributed by atoms with Gasteiger partial charge in [0.2, 0.25) is 5.95 Å². The number of fused-ring (bicyclic) bond motifs is 1. The van der Waals surface area contributed by atoms with E-state index in [0.29, 0.717) is 12.5 Å². The quantitative estimate of drug-likeness (QED) is 0.310. The molecule has 0 amide bonds. The average Bonchev–Trinajstić information content (AvgIpc) is 3.31. The molecule has 2 aromatic heterocycles. The molecule has 0 unspecified atom stereocenters. The van der Waals surface area contributed by atoms with Gasteiger partial charge in [0.05, 0.1) is 34.4 Å². The monoisotopic (exact) mass is 360 g/mol. The Morgan fingerprint density at radius 2 is 1.96 bits per heavy atom. The van der Waals surface area contributed by atoms with Crippen LogP contribution >= 0.6 is 0 Å². The van der Waals surface area contributed by atoms with E-state index in [0.717, 1.165) is 22.3 Å². The highest BCUT2D eigenvalue weighted by molar-refractivity contribution is 5.80. The summed E-state index contributed by atoms with van der Waals surface area (Å²) in [6.45, 7) is 0.513. The topological polar surface area (TPSA) is 101 Å². The predicted molar refractivity (Wildman–Crippen MR) is 104 cm³/mol. The first-order valence-electron chi connectivity index (χ1n) is 8.32. The summed E-state index contributed by atoms with van der Waals surface area (Å²) in [7, 11) is 0. The number of non-ortho nitro benzene ring substituents is 1. The van der Waals surface area contributed by atoms with Gasteiger partial charge in [-0.05, 0) is 29.8 Å². The second-order valence-electron chi connectivity index (χ2n) is 5.93. The number of benzene rings is 2. The van der Waals surface area contributed by atoms with Crippen molar-refractivity contribution in [3.8, 4) is 0 Å². The van der Waals surface area contributed by atoms with Crippen LogP contribution in [-0.2, 0) is 6.54 Å². The fraction of sp³-hybridized carbons (Fsp3) is 0.0526. The SMILES string of the molecule is O=[N+]([O-])c1ccc(Cn2c(N/N=C/c3ccc[nH]3)nc3ccccc32)cc1. The van der Waals surface area contributed by atoms with E-state index in [1.54, 1.807) is 18.3 Å². The smallest absolute Gasteiger partial charge is 0.269 e. The Hall–Kier alpha value is -3.94. The predicted octanol–water partition coefficient (Wildman–Crippen LogP) is 3.77. The largest absolute Gasteiger partial charge is 0.360 e. The van der Waals surface area contributed by atoms with Gasteiger partial charge in [-0.15, -0.1) is 0 Å². The second-order valence-corrected chi connectivity index (χ2v) is 5.93. The summed E-state index contributed by atoms with van der Waals surface area (Å²) in [4.78, 5) is 18.1. The normalized spacial score (nSPS) is 11.3. The Kier molecular flexibility index (Phi) is 4.36. The Bertz CT molecular complexity index is 1100. The molecule has 8 nitrogen and oxygen atoms in total. The summed E-state index contributed by atoms with van der Waals surface area (Å²) in [5.41, 5.74) is 6.66. The minimum Gasteiger partial charge on any atom is -0.360 e. The van der Waals surface area contributed by atoms with Crippen molar-refractivity contribution in [2.45, 2.75) is 6.54 Å². The molecule has 0 aliphatic carbocycles. The first-order chi connectivity index (χ1) is 13.2. The van der Waals surface area contributed by atoms with Crippen LogP contribution in [0.25, 0.3) is 11.0 Å². The van der Waals surface area contributed by atoms with E-state index < -0.39 is 4.92 Å². The van der Waals surface area contributed by atoms with Gasteiger partial charge in [0.15, 0.2) is 0 Å². The number of aromatic amines is 1. The summed E-state index contributed by atoms with van der Waals surface area (Å²) < 4.78 is 1.99. The maximum atomic E-state index is 10.8. The highest BCUT2D eigenvalue weighted by atomic mass is 16.6. The summed E-state index contributed by atoms with van der Waals surface area (Å²) in [5.74, 6) is 0.595. The van der Waals surface area contributed by atoms with E-state index in [-0.39, 0.29) is 5.69 Å². The van der Waals surface area contributed by atoms with Gasteiger partial charge in [0, 0.05) is 18.3 Å². The number of hydrogen-bond donors (Lipinski definition) is 2. The van der Waals surface area contributed by atoms with Gasteiger partial charge in [-0.25, -0.2) is 10.4 Å². The van der Waals surface area contributed by atoms with Gasteiger partial charge in [-0.1, -0.05) is 24.3 Å². The zero-order chi connectivity index (χ0) is 18.6. The molecule has 0 aliphatic rings. The number of imidazole rings is 1. The van der Waals surface area contributed by atoms with Crippen LogP contribution in [-0.4, -0.2) is 25.7 Å². The summed E-state index contributed by atoms with van der Waals surface area (Å²) in [6.07, 6.45) is 3.50. The van der Waals surface area contributed by atoms with Crippen LogP contribution < -0.4 is 5.43 Å². The van der Waals surface area contributed by atoms with Crippen LogP contribution in [0.4, 0.5) is 11.6 Å². The third-order valence-electron chi connectivity index (χ3n) is 4.13. The third kappa shape index (κ3) is 3.54. The van der Waals surface area contributed by atoms with E-state index in [2.05, 4.69) is 20.5 Å². The lowest BCUT2D eigenvalue weighted by Crippen LogP contribution is -2.05. The van der Waals surface area contributed by atoms with Crippen LogP contribution in [0.2, 0.25) is 0 Å². The molecule has 0 radical (unpaired) electrons. The molecule has 0 fully saturated rings. The third-order valence-corrected chi connectivity index (χ3v) is 4.13. The van der Waals surface area contributed by atoms with Crippen LogP contribution in [0.1, 0.15) is 11.3 Å². The van der Waals surface area contributed by atoms with Crippen molar-refractivity contribution in [2.24, 2.45) is 5.10 Å². The number of anilines is 1. The van der Waals surface area contributed by atoms with E-state index in [4.69, 9.17) is 0 Å². The minimum absolute atomic E-state index is 0.0723. The van der Waals surface area contributed by atoms with Gasteiger partial charge < -0.3 is 9.55 Å². The zero-order valence-electron chi connectivity index (χ0n) is 14.2. The first-order valence-corrected chi connectivity index (χ1v) is 8.32. The van der Waals surface area contributed by atoms with E-state index in [1.807, 2.05) is 47.2 Å². The Morgan fingerprint density at radius 1 is 1.15 bits per heavy atom. The van der Waals surface area contributed by atoms with E-state index >= 15 is 0 Å². The highest BCUT2D eigenvalue weighted by Gasteiger charge is 2.11. The highest BCUT2D eigenvalue weighted by Crippen LogP contribution is 2.22. The molecular formula is C19H16N6O2. The number of nitrogens with zero attached hydrogens (tertiary/aromatic N) is 4. The first kappa shape index (κ1) is 16.5. The number of H-pyrrole nitrogens is 1. The van der Waals surface area contributed by atoms with Crippen molar-refractivity contribution in [1.82, 2.24) is 14.5 Å². The molecule has 4 aromatic rings. The van der Waals surface area contributed by atoms with E-state index in [9.17, 15) is 10.1 Å². The van der Waals surface area contributed by atoms with Crippen molar-refractivity contribution < 1.29 is 4.92 Å². The molecule has 0 bridgehead atoms. The number of hydrogen-bond acceptors (Lipinski definition) is 5. The van der Waals surface area contributed by atoms with Gasteiger partial charge in [0.25, 0.3) is 5.69 Å². The summed E-state index contributed by atoms with van der Waals surface area (Å²) in [5, 5.41) is 15.1. The molecule has 2 heterocycles. The molecule has 0 atom stereocenters. The van der Waals surface area contributed by atoms with Gasteiger partial charge in [-0.3, -0.25) is 10.1 Å². The van der Waals surface area contributed by atoms with Crippen molar-refractivity contribution >= 4 is 28.9 Å². The Balaban J connectivity index is 1.64.